The van der Waals surface area contributed by atoms with Gasteiger partial charge < -0.3 is 4.57 Å². The number of carbonyl (C=O) groups is 2. The minimum absolute atomic E-state index is 0.201. The number of pyridine rings is 1. The number of imide groups is 1. The van der Waals surface area contributed by atoms with Gasteiger partial charge in [0.25, 0.3) is 0 Å². The molecular formula is C18H17N3O2. The average molecular weight is 307 g/mol. The summed E-state index contributed by atoms with van der Waals surface area (Å²) in [6.07, 6.45) is 3.65. The minimum Gasteiger partial charge on any atom is -0.313 e. The summed E-state index contributed by atoms with van der Waals surface area (Å²) in [6.45, 7) is 2.10. The van der Waals surface area contributed by atoms with Gasteiger partial charge in [-0.3, -0.25) is 14.9 Å². The molecule has 3 aromatic rings. The van der Waals surface area contributed by atoms with Crippen molar-refractivity contribution in [3.63, 3.8) is 0 Å². The smallest absolute Gasteiger partial charge is 0.249 e. The number of nitrogens with one attached hydrogen (secondary N) is 1. The number of aromatic nitrogens is 2. The number of amides is 2. The second kappa shape index (κ2) is 5.19. The van der Waals surface area contributed by atoms with Crippen LogP contribution in [-0.2, 0) is 16.0 Å². The lowest BCUT2D eigenvalue weighted by Crippen LogP contribution is -2.41. The molecule has 1 aliphatic heterocycles. The number of carbonyl (C=O) groups excluding carboxylic acids is 2. The van der Waals surface area contributed by atoms with Crippen LogP contribution in [0, 0.1) is 0 Å². The van der Waals surface area contributed by atoms with E-state index < -0.39 is 6.04 Å². The SMILES string of the molecule is CCc1cnc2c(c1)c1ccccc1n2C1CCC(=O)NC1=O. The van der Waals surface area contributed by atoms with Gasteiger partial charge in [0.2, 0.25) is 11.8 Å². The van der Waals surface area contributed by atoms with Crippen molar-refractivity contribution in [1.29, 1.82) is 0 Å². The van der Waals surface area contributed by atoms with E-state index >= 15 is 0 Å². The van der Waals surface area contributed by atoms with E-state index in [2.05, 4.69) is 29.4 Å². The third-order valence-corrected chi connectivity index (χ3v) is 4.54. The van der Waals surface area contributed by atoms with Gasteiger partial charge in [-0.05, 0) is 30.5 Å². The Labute approximate surface area is 133 Å². The lowest BCUT2D eigenvalue weighted by molar-refractivity contribution is -0.135. The highest BCUT2D eigenvalue weighted by atomic mass is 16.2. The number of rotatable bonds is 2. The zero-order chi connectivity index (χ0) is 16.0. The first-order chi connectivity index (χ1) is 11.2. The van der Waals surface area contributed by atoms with Crippen molar-refractivity contribution < 1.29 is 9.59 Å². The predicted molar refractivity (Wildman–Crippen MR) is 88.0 cm³/mol. The third-order valence-electron chi connectivity index (χ3n) is 4.54. The largest absolute Gasteiger partial charge is 0.313 e. The van der Waals surface area contributed by atoms with Gasteiger partial charge in [-0.1, -0.05) is 25.1 Å². The summed E-state index contributed by atoms with van der Waals surface area (Å²) in [5.74, 6) is -0.446. The van der Waals surface area contributed by atoms with E-state index in [0.717, 1.165) is 28.4 Å². The molecule has 5 nitrogen and oxygen atoms in total. The second-order valence-electron chi connectivity index (χ2n) is 5.92. The Morgan fingerprint density at radius 2 is 2.09 bits per heavy atom. The van der Waals surface area contributed by atoms with Crippen LogP contribution in [0.5, 0.6) is 0 Å². The Hall–Kier alpha value is -2.69. The van der Waals surface area contributed by atoms with Crippen molar-refractivity contribution in [2.75, 3.05) is 0 Å². The highest BCUT2D eigenvalue weighted by molar-refractivity contribution is 6.09. The number of hydrogen-bond donors (Lipinski definition) is 1. The molecule has 2 aromatic heterocycles. The Balaban J connectivity index is 2.00. The molecule has 4 rings (SSSR count). The molecule has 1 unspecified atom stereocenters. The maximum atomic E-state index is 12.3. The molecule has 3 heterocycles. The van der Waals surface area contributed by atoms with Crippen LogP contribution >= 0.6 is 0 Å². The van der Waals surface area contributed by atoms with Crippen LogP contribution in [0.2, 0.25) is 0 Å². The molecule has 1 atom stereocenters. The van der Waals surface area contributed by atoms with Crippen LogP contribution < -0.4 is 5.32 Å². The van der Waals surface area contributed by atoms with Gasteiger partial charge in [0.05, 0.1) is 5.52 Å². The molecule has 0 saturated carbocycles. The Kier molecular flexibility index (Phi) is 3.15. The molecule has 0 aliphatic carbocycles. The summed E-state index contributed by atoms with van der Waals surface area (Å²) in [6, 6.07) is 9.77. The molecule has 23 heavy (non-hydrogen) atoms. The number of hydrogen-bond acceptors (Lipinski definition) is 3. The maximum Gasteiger partial charge on any atom is 0.249 e. The number of benzene rings is 1. The molecule has 1 saturated heterocycles. The second-order valence-corrected chi connectivity index (χ2v) is 5.92. The van der Waals surface area contributed by atoms with Crippen LogP contribution in [0.4, 0.5) is 0 Å². The van der Waals surface area contributed by atoms with E-state index in [1.54, 1.807) is 0 Å². The number of para-hydroxylation sites is 1. The van der Waals surface area contributed by atoms with Crippen molar-refractivity contribution in [3.8, 4) is 0 Å². The summed E-state index contributed by atoms with van der Waals surface area (Å²) in [5.41, 5.74) is 2.96. The van der Waals surface area contributed by atoms with Crippen molar-refractivity contribution in [2.24, 2.45) is 0 Å². The van der Waals surface area contributed by atoms with Crippen molar-refractivity contribution in [3.05, 3.63) is 42.1 Å². The minimum atomic E-state index is -0.393. The summed E-state index contributed by atoms with van der Waals surface area (Å²) in [4.78, 5) is 28.4. The summed E-state index contributed by atoms with van der Waals surface area (Å²) < 4.78 is 1.98. The average Bonchev–Trinajstić information content (AvgIpc) is 2.89. The normalized spacial score (nSPS) is 18.6. The van der Waals surface area contributed by atoms with Crippen LogP contribution in [0.25, 0.3) is 21.9 Å². The number of nitrogens with zero attached hydrogens (tertiary/aromatic N) is 2. The molecule has 1 N–H and O–H groups in total. The highest BCUT2D eigenvalue weighted by Gasteiger charge is 2.30. The van der Waals surface area contributed by atoms with E-state index in [4.69, 9.17) is 0 Å². The van der Waals surface area contributed by atoms with Crippen LogP contribution in [0.3, 0.4) is 0 Å². The molecular weight excluding hydrogens is 290 g/mol. The zero-order valence-corrected chi connectivity index (χ0v) is 12.9. The summed E-state index contributed by atoms with van der Waals surface area (Å²) >= 11 is 0. The van der Waals surface area contributed by atoms with Gasteiger partial charge in [-0.2, -0.15) is 0 Å². The monoisotopic (exact) mass is 307 g/mol. The predicted octanol–water partition coefficient (Wildman–Crippen LogP) is 2.73. The maximum absolute atomic E-state index is 12.3. The molecule has 0 radical (unpaired) electrons. The standard InChI is InChI=1S/C18H17N3O2/c1-2-11-9-13-12-5-3-4-6-14(12)21(17(13)19-10-11)15-7-8-16(22)20-18(15)23/h3-6,9-10,15H,2,7-8H2,1H3,(H,20,22,23). The molecule has 0 bridgehead atoms. The first kappa shape index (κ1) is 13.9. The molecule has 2 amide bonds. The molecule has 1 fully saturated rings. The van der Waals surface area contributed by atoms with Crippen LogP contribution in [0.1, 0.15) is 31.4 Å². The first-order valence-corrected chi connectivity index (χ1v) is 7.90. The van der Waals surface area contributed by atoms with Gasteiger partial charge >= 0.3 is 0 Å². The number of piperidine rings is 1. The van der Waals surface area contributed by atoms with E-state index in [1.807, 2.05) is 29.0 Å². The lowest BCUT2D eigenvalue weighted by atomic mass is 10.1. The fraction of sp³-hybridized carbons (Fsp3) is 0.278. The van der Waals surface area contributed by atoms with Crippen LogP contribution in [0.15, 0.2) is 36.5 Å². The molecule has 116 valence electrons. The van der Waals surface area contributed by atoms with Gasteiger partial charge in [0.1, 0.15) is 11.7 Å². The molecule has 1 aliphatic rings. The lowest BCUT2D eigenvalue weighted by Gasteiger charge is -2.23. The first-order valence-electron chi connectivity index (χ1n) is 7.90. The highest BCUT2D eigenvalue weighted by Crippen LogP contribution is 2.33. The van der Waals surface area contributed by atoms with Crippen molar-refractivity contribution >= 4 is 33.8 Å². The van der Waals surface area contributed by atoms with Crippen LogP contribution in [-0.4, -0.2) is 21.4 Å². The molecule has 5 heteroatoms. The van der Waals surface area contributed by atoms with E-state index in [1.165, 1.54) is 5.56 Å². The van der Waals surface area contributed by atoms with Crippen molar-refractivity contribution in [2.45, 2.75) is 32.2 Å². The molecule has 0 spiro atoms. The number of aryl methyl sites for hydroxylation is 1. The van der Waals surface area contributed by atoms with Gasteiger partial charge in [0, 0.05) is 23.4 Å². The van der Waals surface area contributed by atoms with Gasteiger partial charge in [0.15, 0.2) is 0 Å². The fourth-order valence-corrected chi connectivity index (χ4v) is 3.35. The topological polar surface area (TPSA) is 64.0 Å². The van der Waals surface area contributed by atoms with E-state index in [-0.39, 0.29) is 11.8 Å². The summed E-state index contributed by atoms with van der Waals surface area (Å²) in [5, 5.41) is 4.60. The molecule has 1 aromatic carbocycles. The van der Waals surface area contributed by atoms with E-state index in [9.17, 15) is 9.59 Å². The van der Waals surface area contributed by atoms with Gasteiger partial charge in [-0.15, -0.1) is 0 Å². The Bertz CT molecular complexity index is 942. The quantitative estimate of drug-likeness (QED) is 0.740. The van der Waals surface area contributed by atoms with E-state index in [0.29, 0.717) is 12.8 Å². The third kappa shape index (κ3) is 2.11. The summed E-state index contributed by atoms with van der Waals surface area (Å²) in [7, 11) is 0. The number of fused-ring (bicyclic) bond motifs is 3. The van der Waals surface area contributed by atoms with Gasteiger partial charge in [-0.25, -0.2) is 4.98 Å². The van der Waals surface area contributed by atoms with Crippen molar-refractivity contribution in [1.82, 2.24) is 14.9 Å². The fourth-order valence-electron chi connectivity index (χ4n) is 3.35. The Morgan fingerprint density at radius 1 is 1.26 bits per heavy atom. The zero-order valence-electron chi connectivity index (χ0n) is 12.9. The Morgan fingerprint density at radius 3 is 2.87 bits per heavy atom.